The predicted molar refractivity (Wildman–Crippen MR) is 121 cm³/mol. The van der Waals surface area contributed by atoms with Gasteiger partial charge in [0, 0.05) is 5.92 Å². The highest BCUT2D eigenvalue weighted by Gasteiger charge is 2.56. The van der Waals surface area contributed by atoms with Crippen LogP contribution in [-0.4, -0.2) is 21.3 Å². The first-order valence-electron chi connectivity index (χ1n) is 12.7. The van der Waals surface area contributed by atoms with E-state index in [2.05, 4.69) is 32.9 Å². The van der Waals surface area contributed by atoms with Crippen molar-refractivity contribution >= 4 is 0 Å². The molecule has 0 saturated heterocycles. The number of rotatable bonds is 6. The van der Waals surface area contributed by atoms with Crippen LogP contribution in [0.1, 0.15) is 98.3 Å². The van der Waals surface area contributed by atoms with Gasteiger partial charge < -0.3 is 15.3 Å². The average molecular weight is 417 g/mol. The van der Waals surface area contributed by atoms with Gasteiger partial charge in [-0.3, -0.25) is 0 Å². The van der Waals surface area contributed by atoms with Crippen LogP contribution in [0, 0.1) is 40.4 Å². The third-order valence-corrected chi connectivity index (χ3v) is 10.2. The molecule has 170 valence electrons. The van der Waals surface area contributed by atoms with Crippen molar-refractivity contribution in [2.75, 3.05) is 0 Å². The van der Waals surface area contributed by atoms with Gasteiger partial charge in [0.2, 0.25) is 0 Å². The molecule has 4 aliphatic carbocycles. The lowest BCUT2D eigenvalue weighted by molar-refractivity contribution is -0.340. The Balaban J connectivity index is 1.45. The molecule has 0 spiro atoms. The van der Waals surface area contributed by atoms with Crippen molar-refractivity contribution in [1.82, 2.24) is 0 Å². The Morgan fingerprint density at radius 3 is 2.47 bits per heavy atom. The summed E-state index contributed by atoms with van der Waals surface area (Å²) in [6.45, 7) is 9.27. The van der Waals surface area contributed by atoms with Gasteiger partial charge in [0.15, 0.2) is 0 Å². The van der Waals surface area contributed by atoms with Crippen molar-refractivity contribution in [1.29, 1.82) is 0 Å². The van der Waals surface area contributed by atoms with Crippen molar-refractivity contribution in [3.63, 3.8) is 0 Å². The minimum atomic E-state index is -2.54. The van der Waals surface area contributed by atoms with Crippen LogP contribution < -0.4 is 0 Å². The molecule has 3 heteroatoms. The van der Waals surface area contributed by atoms with Crippen molar-refractivity contribution in [2.24, 2.45) is 40.4 Å². The monoisotopic (exact) mass is 416 g/mol. The fraction of sp³-hybridized carbons (Fsp3) is 0.852. The van der Waals surface area contributed by atoms with Crippen molar-refractivity contribution in [3.05, 3.63) is 23.3 Å². The molecule has 0 unspecified atom stereocenters. The molecule has 3 N–H and O–H groups in total. The van der Waals surface area contributed by atoms with Crippen LogP contribution in [0.5, 0.6) is 0 Å². The predicted octanol–water partition coefficient (Wildman–Crippen LogP) is 5.95. The zero-order valence-corrected chi connectivity index (χ0v) is 19.7. The fourth-order valence-corrected chi connectivity index (χ4v) is 8.15. The van der Waals surface area contributed by atoms with Gasteiger partial charge in [0.25, 0.3) is 5.97 Å². The Morgan fingerprint density at radius 1 is 0.967 bits per heavy atom. The van der Waals surface area contributed by atoms with Gasteiger partial charge in [0.05, 0.1) is 0 Å². The Labute approximate surface area is 183 Å². The smallest absolute Gasteiger partial charge is 0.277 e. The first kappa shape index (κ1) is 22.6. The van der Waals surface area contributed by atoms with E-state index in [-0.39, 0.29) is 0 Å². The van der Waals surface area contributed by atoms with E-state index >= 15 is 0 Å². The third-order valence-electron chi connectivity index (χ3n) is 10.2. The van der Waals surface area contributed by atoms with E-state index in [1.54, 1.807) is 18.1 Å². The molecular formula is C27H44O3. The molecule has 0 bridgehead atoms. The highest BCUT2D eigenvalue weighted by molar-refractivity contribution is 5.38. The molecule has 3 fully saturated rings. The number of fused-ring (bicyclic) bond motifs is 5. The van der Waals surface area contributed by atoms with E-state index in [1.807, 2.05) is 0 Å². The first-order chi connectivity index (χ1) is 14.1. The molecule has 3 nitrogen and oxygen atoms in total. The molecule has 30 heavy (non-hydrogen) atoms. The zero-order chi connectivity index (χ0) is 21.7. The second-order valence-electron chi connectivity index (χ2n) is 11.8. The molecule has 7 atom stereocenters. The van der Waals surface area contributed by atoms with Gasteiger partial charge in [-0.05, 0) is 85.9 Å². The number of hydrogen-bond donors (Lipinski definition) is 3. The maximum Gasteiger partial charge on any atom is 0.277 e. The lowest BCUT2D eigenvalue weighted by Gasteiger charge is -2.54. The summed E-state index contributed by atoms with van der Waals surface area (Å²) < 4.78 is 0. The van der Waals surface area contributed by atoms with Crippen molar-refractivity contribution in [2.45, 2.75) is 104 Å². The highest BCUT2D eigenvalue weighted by atomic mass is 16.7. The molecule has 0 aromatic rings. The maximum atomic E-state index is 9.37. The molecule has 4 rings (SSSR count). The second kappa shape index (κ2) is 8.05. The van der Waals surface area contributed by atoms with Crippen molar-refractivity contribution in [3.8, 4) is 0 Å². The minimum absolute atomic E-state index is 0.415. The summed E-state index contributed by atoms with van der Waals surface area (Å²) in [5.74, 6) is -0.115. The van der Waals surface area contributed by atoms with E-state index in [1.165, 1.54) is 51.4 Å². The largest absolute Gasteiger partial charge is 0.343 e. The third kappa shape index (κ3) is 3.73. The van der Waals surface area contributed by atoms with Crippen molar-refractivity contribution < 1.29 is 15.3 Å². The summed E-state index contributed by atoms with van der Waals surface area (Å²) >= 11 is 0. The molecule has 0 aliphatic heterocycles. The Kier molecular flexibility index (Phi) is 6.05. The fourth-order valence-electron chi connectivity index (χ4n) is 8.15. The summed E-state index contributed by atoms with van der Waals surface area (Å²) in [5, 5.41) is 28.1. The quantitative estimate of drug-likeness (QED) is 0.469. The summed E-state index contributed by atoms with van der Waals surface area (Å²) in [4.78, 5) is 0. The standard InChI is InChI=1S/C27H44O3/c1-18(8-7-9-19(2)27(28,29)30)22-13-14-23-21-12-11-20-10-5-6-16-25(20,3)24(21)15-17-26(22,23)4/h11-12,18-19,22-24,28-30H,5-10,13-17H2,1-4H3/t18-,19+,22-,23+,24+,25+,26-/m1/s1. The summed E-state index contributed by atoms with van der Waals surface area (Å²) in [6, 6.07) is 0. The lowest BCUT2D eigenvalue weighted by Crippen LogP contribution is -2.45. The van der Waals surface area contributed by atoms with E-state index in [0.29, 0.717) is 23.2 Å². The Hall–Kier alpha value is -0.640. The van der Waals surface area contributed by atoms with E-state index in [4.69, 9.17) is 0 Å². The van der Waals surface area contributed by atoms with Gasteiger partial charge in [-0.2, -0.15) is 0 Å². The summed E-state index contributed by atoms with van der Waals surface area (Å²) in [7, 11) is 0. The van der Waals surface area contributed by atoms with Crippen LogP contribution in [0.25, 0.3) is 0 Å². The van der Waals surface area contributed by atoms with Crippen LogP contribution in [0.2, 0.25) is 0 Å². The van der Waals surface area contributed by atoms with Crippen LogP contribution in [-0.2, 0) is 0 Å². The summed E-state index contributed by atoms with van der Waals surface area (Å²) in [5.41, 5.74) is 4.36. The number of aliphatic hydroxyl groups is 3. The van der Waals surface area contributed by atoms with Crippen LogP contribution in [0.15, 0.2) is 23.3 Å². The first-order valence-corrected chi connectivity index (χ1v) is 12.7. The molecule has 0 heterocycles. The molecule has 0 aromatic heterocycles. The molecule has 3 saturated carbocycles. The van der Waals surface area contributed by atoms with E-state index in [9.17, 15) is 15.3 Å². The number of allylic oxidation sites excluding steroid dienone is 4. The van der Waals surface area contributed by atoms with Crippen LogP contribution >= 0.6 is 0 Å². The van der Waals surface area contributed by atoms with Gasteiger partial charge in [-0.25, -0.2) is 0 Å². The minimum Gasteiger partial charge on any atom is -0.343 e. The lowest BCUT2D eigenvalue weighted by atomic mass is 9.50. The second-order valence-corrected chi connectivity index (χ2v) is 11.8. The van der Waals surface area contributed by atoms with E-state index < -0.39 is 11.9 Å². The zero-order valence-electron chi connectivity index (χ0n) is 19.7. The van der Waals surface area contributed by atoms with Gasteiger partial charge in [-0.1, -0.05) is 70.3 Å². The van der Waals surface area contributed by atoms with Gasteiger partial charge in [0.1, 0.15) is 0 Å². The SMILES string of the molecule is C[C@H](CCC[C@H](C)C(O)(O)O)[C@H]1CC[C@H]2C3=CC=C4CCCC[C@]4(C)[C@H]3CC[C@]12C. The van der Waals surface area contributed by atoms with Crippen LogP contribution in [0.4, 0.5) is 0 Å². The maximum absolute atomic E-state index is 9.37. The van der Waals surface area contributed by atoms with Gasteiger partial charge >= 0.3 is 0 Å². The highest BCUT2D eigenvalue weighted by Crippen LogP contribution is 2.66. The van der Waals surface area contributed by atoms with Gasteiger partial charge in [-0.15, -0.1) is 0 Å². The van der Waals surface area contributed by atoms with Crippen LogP contribution in [0.3, 0.4) is 0 Å². The molecule has 0 amide bonds. The normalized spacial score (nSPS) is 40.6. The average Bonchev–Trinajstić information content (AvgIpc) is 3.04. The summed E-state index contributed by atoms with van der Waals surface area (Å²) in [6.07, 6.45) is 18.6. The number of hydrogen-bond acceptors (Lipinski definition) is 3. The molecule has 0 radical (unpaired) electrons. The topological polar surface area (TPSA) is 60.7 Å². The molecular weight excluding hydrogens is 372 g/mol. The Bertz CT molecular complexity index is 701. The Morgan fingerprint density at radius 2 is 1.73 bits per heavy atom. The molecule has 0 aromatic carbocycles. The van der Waals surface area contributed by atoms with E-state index in [0.717, 1.165) is 30.6 Å². The molecule has 4 aliphatic rings.